The zero-order chi connectivity index (χ0) is 20.1. The summed E-state index contributed by atoms with van der Waals surface area (Å²) in [6, 6.07) is 6.61. The Morgan fingerprint density at radius 2 is 1.89 bits per heavy atom. The number of nitrogens with zero attached hydrogens (tertiary/aromatic N) is 1. The van der Waals surface area contributed by atoms with Gasteiger partial charge >= 0.3 is 23.9 Å². The first kappa shape index (κ1) is 20.1. The van der Waals surface area contributed by atoms with E-state index in [1.165, 1.54) is 49.5 Å². The van der Waals surface area contributed by atoms with Gasteiger partial charge in [-0.3, -0.25) is 10.6 Å². The Hall–Kier alpha value is -3.24. The molecule has 1 aromatic carbocycles. The summed E-state index contributed by atoms with van der Waals surface area (Å²) in [6.45, 7) is 2.48. The predicted octanol–water partition coefficient (Wildman–Crippen LogP) is 3.01. The molecule has 0 radical (unpaired) electrons. The molecule has 0 spiro atoms. The Labute approximate surface area is 151 Å². The predicted molar refractivity (Wildman–Crippen MR) is 85.9 cm³/mol. The molecule has 8 nitrogen and oxygen atoms in total. The molecule has 146 valence electrons. The van der Waals surface area contributed by atoms with E-state index in [1.807, 2.05) is 5.32 Å². The number of aryl methyl sites for hydroxylation is 1. The molecule has 1 atom stereocenters. The highest BCUT2D eigenvalue weighted by Crippen LogP contribution is 2.34. The molecular formula is C16H16F3N3O5. The van der Waals surface area contributed by atoms with Crippen LogP contribution in [0.15, 0.2) is 40.9 Å². The maximum absolute atomic E-state index is 13.8. The third kappa shape index (κ3) is 4.68. The van der Waals surface area contributed by atoms with E-state index in [4.69, 9.17) is 9.26 Å². The summed E-state index contributed by atoms with van der Waals surface area (Å²) in [6.07, 6.45) is -5.34. The van der Waals surface area contributed by atoms with Crippen LogP contribution in [0, 0.1) is 6.92 Å². The standard InChI is InChI=1S/C16H16F3N3O5/c1-3-25-13(23)15(16(17,18)19,26-11-7-5-4-6-8-11)21-14(24)20-12-9-10(2)27-22-12/h4-9H,3H2,1-2H3,(H2,20,21,22,24). The molecule has 1 aromatic heterocycles. The average molecular weight is 387 g/mol. The van der Waals surface area contributed by atoms with Crippen LogP contribution >= 0.6 is 0 Å². The fourth-order valence-corrected chi connectivity index (χ4v) is 1.99. The number of carbonyl (C=O) groups excluding carboxylic acids is 2. The van der Waals surface area contributed by atoms with Gasteiger partial charge in [0.25, 0.3) is 0 Å². The van der Waals surface area contributed by atoms with Gasteiger partial charge in [0.05, 0.1) is 6.61 Å². The van der Waals surface area contributed by atoms with Crippen LogP contribution < -0.4 is 15.4 Å². The summed E-state index contributed by atoms with van der Waals surface area (Å²) in [5.74, 6) is -1.96. The lowest BCUT2D eigenvalue weighted by molar-refractivity contribution is -0.259. The number of urea groups is 1. The SMILES string of the molecule is CCOC(=O)C(NC(=O)Nc1cc(C)on1)(Oc1ccccc1)C(F)(F)F. The summed E-state index contributed by atoms with van der Waals surface area (Å²) in [5, 5.41) is 6.97. The van der Waals surface area contributed by atoms with Gasteiger partial charge in [-0.25, -0.2) is 9.59 Å². The summed E-state index contributed by atoms with van der Waals surface area (Å²) < 4.78 is 55.6. The minimum Gasteiger partial charge on any atom is -0.461 e. The number of esters is 1. The number of alkyl halides is 3. The molecule has 1 unspecified atom stereocenters. The molecule has 0 aliphatic heterocycles. The van der Waals surface area contributed by atoms with Gasteiger partial charge in [0.1, 0.15) is 11.5 Å². The summed E-state index contributed by atoms with van der Waals surface area (Å²) in [5.41, 5.74) is -3.77. The third-order valence-corrected chi connectivity index (χ3v) is 3.14. The Kier molecular flexibility index (Phi) is 5.93. The lowest BCUT2D eigenvalue weighted by Crippen LogP contribution is -2.69. The number of carbonyl (C=O) groups is 2. The van der Waals surface area contributed by atoms with Crippen molar-refractivity contribution in [2.75, 3.05) is 11.9 Å². The molecule has 0 bridgehead atoms. The molecule has 0 saturated heterocycles. The van der Waals surface area contributed by atoms with E-state index in [9.17, 15) is 22.8 Å². The van der Waals surface area contributed by atoms with Gasteiger partial charge in [-0.15, -0.1) is 0 Å². The van der Waals surface area contributed by atoms with E-state index in [0.717, 1.165) is 0 Å². The average Bonchev–Trinajstić information content (AvgIpc) is 2.99. The highest BCUT2D eigenvalue weighted by molar-refractivity contribution is 5.93. The van der Waals surface area contributed by atoms with Gasteiger partial charge in [-0.2, -0.15) is 13.2 Å². The Balaban J connectivity index is 2.36. The van der Waals surface area contributed by atoms with Crippen LogP contribution in [0.2, 0.25) is 0 Å². The molecule has 1 heterocycles. The fourth-order valence-electron chi connectivity index (χ4n) is 1.99. The van der Waals surface area contributed by atoms with Gasteiger partial charge in [-0.1, -0.05) is 23.4 Å². The van der Waals surface area contributed by atoms with Gasteiger partial charge in [-0.05, 0) is 26.0 Å². The highest BCUT2D eigenvalue weighted by Gasteiger charge is 2.66. The summed E-state index contributed by atoms with van der Waals surface area (Å²) in [7, 11) is 0. The number of ether oxygens (including phenoxy) is 2. The molecule has 0 saturated carbocycles. The van der Waals surface area contributed by atoms with Crippen molar-refractivity contribution < 1.29 is 36.8 Å². The minimum absolute atomic E-state index is 0.148. The summed E-state index contributed by atoms with van der Waals surface area (Å²) >= 11 is 0. The topological polar surface area (TPSA) is 103 Å². The van der Waals surface area contributed by atoms with Gasteiger partial charge < -0.3 is 14.0 Å². The van der Waals surface area contributed by atoms with Gasteiger partial charge in [0.2, 0.25) is 0 Å². The van der Waals surface area contributed by atoms with Crippen molar-refractivity contribution in [3.8, 4) is 5.75 Å². The monoisotopic (exact) mass is 387 g/mol. The van der Waals surface area contributed by atoms with Crippen LogP contribution in [-0.2, 0) is 9.53 Å². The van der Waals surface area contributed by atoms with E-state index < -0.39 is 23.9 Å². The Bertz CT molecular complexity index is 794. The van der Waals surface area contributed by atoms with Crippen LogP contribution in [0.5, 0.6) is 5.75 Å². The second-order valence-corrected chi connectivity index (χ2v) is 5.22. The van der Waals surface area contributed by atoms with Crippen molar-refractivity contribution in [1.82, 2.24) is 10.5 Å². The second kappa shape index (κ2) is 7.98. The van der Waals surface area contributed by atoms with E-state index in [2.05, 4.69) is 9.89 Å². The molecule has 2 amide bonds. The van der Waals surface area contributed by atoms with Crippen molar-refractivity contribution in [3.05, 3.63) is 42.2 Å². The maximum atomic E-state index is 13.8. The van der Waals surface area contributed by atoms with Crippen LogP contribution in [0.25, 0.3) is 0 Å². The highest BCUT2D eigenvalue weighted by atomic mass is 19.4. The number of amides is 2. The van der Waals surface area contributed by atoms with Crippen molar-refractivity contribution in [3.63, 3.8) is 0 Å². The Morgan fingerprint density at radius 1 is 1.22 bits per heavy atom. The van der Waals surface area contributed by atoms with Crippen molar-refractivity contribution in [2.24, 2.45) is 0 Å². The van der Waals surface area contributed by atoms with E-state index >= 15 is 0 Å². The lowest BCUT2D eigenvalue weighted by atomic mass is 10.2. The second-order valence-electron chi connectivity index (χ2n) is 5.22. The number of anilines is 1. The van der Waals surface area contributed by atoms with Crippen LogP contribution in [-0.4, -0.2) is 35.7 Å². The summed E-state index contributed by atoms with van der Waals surface area (Å²) in [4.78, 5) is 24.3. The molecule has 2 N–H and O–H groups in total. The number of rotatable bonds is 6. The fraction of sp³-hybridized carbons (Fsp3) is 0.312. The molecule has 27 heavy (non-hydrogen) atoms. The molecule has 0 aliphatic carbocycles. The minimum atomic E-state index is -5.34. The van der Waals surface area contributed by atoms with E-state index in [-0.39, 0.29) is 18.2 Å². The maximum Gasteiger partial charge on any atom is 0.460 e. The van der Waals surface area contributed by atoms with E-state index in [1.54, 1.807) is 6.07 Å². The van der Waals surface area contributed by atoms with Crippen LogP contribution in [0.4, 0.5) is 23.8 Å². The first-order valence-electron chi connectivity index (χ1n) is 7.68. The smallest absolute Gasteiger partial charge is 0.460 e. The zero-order valence-electron chi connectivity index (χ0n) is 14.3. The van der Waals surface area contributed by atoms with Gasteiger partial charge in [0.15, 0.2) is 5.82 Å². The van der Waals surface area contributed by atoms with Crippen LogP contribution in [0.1, 0.15) is 12.7 Å². The van der Waals surface area contributed by atoms with Gasteiger partial charge in [0, 0.05) is 6.07 Å². The first-order chi connectivity index (χ1) is 12.7. The largest absolute Gasteiger partial charge is 0.461 e. The molecule has 0 aliphatic rings. The number of nitrogens with one attached hydrogen (secondary N) is 2. The Morgan fingerprint density at radius 3 is 2.41 bits per heavy atom. The molecule has 2 aromatic rings. The molecule has 2 rings (SSSR count). The number of halogens is 3. The lowest BCUT2D eigenvalue weighted by Gasteiger charge is -2.33. The van der Waals surface area contributed by atoms with Crippen LogP contribution in [0.3, 0.4) is 0 Å². The number of hydrogen-bond donors (Lipinski definition) is 2. The number of hydrogen-bond acceptors (Lipinski definition) is 6. The first-order valence-corrected chi connectivity index (χ1v) is 7.68. The zero-order valence-corrected chi connectivity index (χ0v) is 14.3. The third-order valence-electron chi connectivity index (χ3n) is 3.14. The quantitative estimate of drug-likeness (QED) is 0.584. The van der Waals surface area contributed by atoms with Crippen molar-refractivity contribution in [2.45, 2.75) is 25.7 Å². The number of para-hydroxylation sites is 1. The molecule has 0 fully saturated rings. The van der Waals surface area contributed by atoms with Crippen molar-refractivity contribution in [1.29, 1.82) is 0 Å². The molecular weight excluding hydrogens is 371 g/mol. The van der Waals surface area contributed by atoms with Crippen molar-refractivity contribution >= 4 is 17.8 Å². The normalized spacial score (nSPS) is 13.4. The number of aromatic nitrogens is 1. The molecule has 11 heteroatoms. The van der Waals surface area contributed by atoms with E-state index in [0.29, 0.717) is 5.76 Å². The number of benzene rings is 1.